The molecule has 8 nitrogen and oxygen atoms in total. The molecule has 0 spiro atoms. The zero-order chi connectivity index (χ0) is 13.9. The van der Waals surface area contributed by atoms with Gasteiger partial charge in [0.2, 0.25) is 0 Å². The summed E-state index contributed by atoms with van der Waals surface area (Å²) in [5.74, 6) is 0. The molecule has 0 aliphatic rings. The number of rotatable bonds is 7. The van der Waals surface area contributed by atoms with Gasteiger partial charge < -0.3 is 15.3 Å². The van der Waals surface area contributed by atoms with Gasteiger partial charge in [-0.2, -0.15) is 0 Å². The van der Waals surface area contributed by atoms with Gasteiger partial charge in [0.25, 0.3) is 0 Å². The number of aliphatic hydroxyl groups is 3. The van der Waals surface area contributed by atoms with Crippen LogP contribution in [0.1, 0.15) is 13.3 Å². The van der Waals surface area contributed by atoms with Gasteiger partial charge in [-0.05, 0) is 6.42 Å². The molecule has 7 N–H and O–H groups in total. The zero-order valence-corrected chi connectivity index (χ0v) is 11.5. The van der Waals surface area contributed by atoms with Crippen LogP contribution in [0.2, 0.25) is 0 Å². The molecule has 0 saturated heterocycles. The second kappa shape index (κ2) is 11.5. The van der Waals surface area contributed by atoms with Gasteiger partial charge in [-0.15, -0.1) is 0 Å². The Morgan fingerprint density at radius 2 is 1.29 bits per heavy atom. The van der Waals surface area contributed by atoms with Gasteiger partial charge in [-0.3, -0.25) is 4.90 Å². The fourth-order valence-electron chi connectivity index (χ4n) is 1.24. The van der Waals surface area contributed by atoms with E-state index in [9.17, 15) is 0 Å². The second-order valence-electron chi connectivity index (χ2n) is 3.33. The first-order chi connectivity index (χ1) is 7.79. The van der Waals surface area contributed by atoms with Crippen LogP contribution in [0.5, 0.6) is 0 Å². The molecule has 0 aliphatic heterocycles. The molecule has 0 bridgehead atoms. The molecule has 0 radical (unpaired) electrons. The molecule has 0 saturated carbocycles. The number of hydrogen-bond donors (Lipinski definition) is 7. The van der Waals surface area contributed by atoms with Crippen molar-refractivity contribution in [1.29, 1.82) is 0 Å². The van der Waals surface area contributed by atoms with E-state index in [0.717, 1.165) is 6.42 Å². The standard InChI is InChI=1S/C8H19NO3.4H2O.Ti/c1-2-8(7-12)9(3-5-10)4-6-11;;;;;/h8,10-12H,2-7H2,1H3;4*1H2;/q;;;;;+4/p-4. The minimum absolute atomic E-state index is 0.0595. The molecule has 17 heavy (non-hydrogen) atoms. The van der Waals surface area contributed by atoms with Crippen molar-refractivity contribution in [3.05, 3.63) is 0 Å². The molecule has 0 aliphatic carbocycles. The predicted molar refractivity (Wildman–Crippen MR) is 55.8 cm³/mol. The Morgan fingerprint density at radius 3 is 1.47 bits per heavy atom. The Hall–Kier alpha value is 0.394. The third kappa shape index (κ3) is 16.4. The van der Waals surface area contributed by atoms with Crippen molar-refractivity contribution in [3.8, 4) is 0 Å². The first-order valence-corrected chi connectivity index (χ1v) is 8.05. The zero-order valence-electron chi connectivity index (χ0n) is 9.90. The molecule has 1 atom stereocenters. The molecule has 1 unspecified atom stereocenters. The molecular formula is C8H23NO7Ti. The summed E-state index contributed by atoms with van der Waals surface area (Å²) in [7, 11) is 0. The molecule has 0 aromatic carbocycles. The van der Waals surface area contributed by atoms with Crippen LogP contribution in [-0.4, -0.2) is 73.9 Å². The van der Waals surface area contributed by atoms with Crippen LogP contribution in [0.3, 0.4) is 0 Å². The Bertz CT molecular complexity index is 150. The molecule has 0 aromatic heterocycles. The molecule has 0 amide bonds. The van der Waals surface area contributed by atoms with E-state index < -0.39 is 18.1 Å². The van der Waals surface area contributed by atoms with E-state index >= 15 is 0 Å². The quantitative estimate of drug-likeness (QED) is 0.243. The van der Waals surface area contributed by atoms with Crippen LogP contribution >= 0.6 is 0 Å². The summed E-state index contributed by atoms with van der Waals surface area (Å²) >= 11 is -5.00. The van der Waals surface area contributed by atoms with Crippen molar-refractivity contribution in [3.63, 3.8) is 0 Å². The van der Waals surface area contributed by atoms with Crippen LogP contribution in [0, 0.1) is 0 Å². The second-order valence-corrected chi connectivity index (χ2v) is 5.20. The van der Waals surface area contributed by atoms with Crippen LogP contribution in [0.15, 0.2) is 0 Å². The molecule has 0 heterocycles. The van der Waals surface area contributed by atoms with Crippen molar-refractivity contribution < 1.29 is 48.2 Å². The van der Waals surface area contributed by atoms with E-state index in [1.807, 2.05) is 11.8 Å². The topological polar surface area (TPSA) is 145 Å². The van der Waals surface area contributed by atoms with Gasteiger partial charge in [0.1, 0.15) is 0 Å². The minimum atomic E-state index is -5.00. The number of aliphatic hydroxyl groups excluding tert-OH is 3. The first kappa shape index (κ1) is 19.7. The predicted octanol–water partition coefficient (Wildman–Crippen LogP) is -3.19. The Kier molecular flexibility index (Phi) is 13.3. The van der Waals surface area contributed by atoms with E-state index in [4.69, 9.17) is 30.1 Å². The van der Waals surface area contributed by atoms with E-state index in [0.29, 0.717) is 13.1 Å². The summed E-state index contributed by atoms with van der Waals surface area (Å²) < 4.78 is 29.5. The third-order valence-corrected chi connectivity index (χ3v) is 1.97. The first-order valence-electron chi connectivity index (χ1n) is 5.26. The molecule has 9 heteroatoms. The van der Waals surface area contributed by atoms with Crippen LogP contribution in [0.25, 0.3) is 0 Å². The van der Waals surface area contributed by atoms with Gasteiger partial charge in [-0.25, -0.2) is 0 Å². The third-order valence-electron chi connectivity index (χ3n) is 1.97. The van der Waals surface area contributed by atoms with E-state index in [1.165, 1.54) is 0 Å². The van der Waals surface area contributed by atoms with Crippen LogP contribution in [-0.2, 0) is 18.1 Å². The summed E-state index contributed by atoms with van der Waals surface area (Å²) in [4.78, 5) is 1.89. The molecular weight excluding hydrogens is 270 g/mol. The van der Waals surface area contributed by atoms with Gasteiger partial charge in [0, 0.05) is 19.1 Å². The molecule has 0 rings (SSSR count). The van der Waals surface area contributed by atoms with Crippen molar-refractivity contribution in [1.82, 2.24) is 4.90 Å². The van der Waals surface area contributed by atoms with Crippen molar-refractivity contribution in [2.24, 2.45) is 0 Å². The summed E-state index contributed by atoms with van der Waals surface area (Å²) in [5, 5.41) is 26.3. The molecule has 0 fully saturated rings. The average molecular weight is 293 g/mol. The van der Waals surface area contributed by atoms with Crippen molar-refractivity contribution in [2.75, 3.05) is 32.9 Å². The maximum absolute atomic E-state index is 8.94. The summed E-state index contributed by atoms with van der Waals surface area (Å²) in [6.45, 7) is 3.21. The van der Waals surface area contributed by atoms with Gasteiger partial charge in [0.05, 0.1) is 19.8 Å². The monoisotopic (exact) mass is 293 g/mol. The van der Waals surface area contributed by atoms with Crippen molar-refractivity contribution >= 4 is 0 Å². The fraction of sp³-hybridized carbons (Fsp3) is 1.00. The average Bonchev–Trinajstić information content (AvgIpc) is 2.17. The van der Waals surface area contributed by atoms with Crippen LogP contribution < -0.4 is 0 Å². The summed E-state index contributed by atoms with van der Waals surface area (Å²) in [6.07, 6.45) is 0.830. The fourth-order valence-corrected chi connectivity index (χ4v) is 1.24. The van der Waals surface area contributed by atoms with E-state index in [2.05, 4.69) is 0 Å². The number of nitrogens with zero attached hydrogens (tertiary/aromatic N) is 1. The van der Waals surface area contributed by atoms with Gasteiger partial charge in [0.15, 0.2) is 0 Å². The van der Waals surface area contributed by atoms with Gasteiger partial charge >= 0.3 is 32.9 Å². The summed E-state index contributed by atoms with van der Waals surface area (Å²) in [5.41, 5.74) is 0. The Labute approximate surface area is 106 Å². The molecule has 106 valence electrons. The van der Waals surface area contributed by atoms with Crippen LogP contribution in [0.4, 0.5) is 0 Å². The van der Waals surface area contributed by atoms with E-state index in [1.54, 1.807) is 0 Å². The molecule has 0 aromatic rings. The number of hydrogen-bond acceptors (Lipinski definition) is 8. The van der Waals surface area contributed by atoms with Gasteiger partial charge in [-0.1, -0.05) is 6.92 Å². The normalized spacial score (nSPS) is 13.2. The Morgan fingerprint density at radius 1 is 0.941 bits per heavy atom. The summed E-state index contributed by atoms with van der Waals surface area (Å²) in [6, 6.07) is 0.0595. The van der Waals surface area contributed by atoms with Crippen molar-refractivity contribution in [2.45, 2.75) is 19.4 Å². The Balaban J connectivity index is 0. The maximum atomic E-state index is 8.94. The van der Waals surface area contributed by atoms with E-state index in [-0.39, 0.29) is 25.9 Å². The SMILES string of the molecule is CCC(CO)N(CCO)CCO.[OH][Ti]([OH])([OH])[OH].